The SMILES string of the molecule is CON(C)S(=O)(=O)c1cccc(C(=O)OCC(=O)Nc2ccc(C(C)C)cc2)c1. The highest BCUT2D eigenvalue weighted by atomic mass is 32.2. The Balaban J connectivity index is 1.98. The molecule has 2 rings (SSSR count). The predicted octanol–water partition coefficient (Wildman–Crippen LogP) is 2.79. The Morgan fingerprint density at radius 1 is 1.10 bits per heavy atom. The fraction of sp³-hybridized carbons (Fsp3) is 0.300. The molecule has 0 saturated heterocycles. The summed E-state index contributed by atoms with van der Waals surface area (Å²) in [5, 5.41) is 2.64. The Morgan fingerprint density at radius 3 is 2.34 bits per heavy atom. The van der Waals surface area contributed by atoms with Crippen LogP contribution in [0.2, 0.25) is 0 Å². The maximum absolute atomic E-state index is 12.3. The first-order valence-corrected chi connectivity index (χ1v) is 10.3. The summed E-state index contributed by atoms with van der Waals surface area (Å²) in [6, 6.07) is 12.7. The molecule has 9 heteroatoms. The van der Waals surface area contributed by atoms with Crippen LogP contribution in [0, 0.1) is 0 Å². The molecular formula is C20H24N2O6S. The molecule has 0 aromatic heterocycles. The number of sulfonamides is 1. The summed E-state index contributed by atoms with van der Waals surface area (Å²) in [4.78, 5) is 28.8. The van der Waals surface area contributed by atoms with Gasteiger partial charge in [0.25, 0.3) is 15.9 Å². The van der Waals surface area contributed by atoms with Gasteiger partial charge in [-0.25, -0.2) is 13.2 Å². The van der Waals surface area contributed by atoms with Gasteiger partial charge in [-0.3, -0.25) is 9.63 Å². The molecule has 1 amide bonds. The van der Waals surface area contributed by atoms with Gasteiger partial charge in [0, 0.05) is 12.7 Å². The molecule has 0 aliphatic rings. The fourth-order valence-electron chi connectivity index (χ4n) is 2.39. The quantitative estimate of drug-likeness (QED) is 0.520. The van der Waals surface area contributed by atoms with Gasteiger partial charge in [-0.1, -0.05) is 36.5 Å². The molecule has 0 fully saturated rings. The summed E-state index contributed by atoms with van der Waals surface area (Å²) in [6.45, 7) is 3.64. The monoisotopic (exact) mass is 420 g/mol. The normalized spacial score (nSPS) is 11.5. The molecule has 0 atom stereocenters. The number of carbonyl (C=O) groups excluding carboxylic acids is 2. The maximum atomic E-state index is 12.3. The van der Waals surface area contributed by atoms with Crippen LogP contribution in [-0.4, -0.2) is 45.5 Å². The van der Waals surface area contributed by atoms with Crippen LogP contribution in [0.3, 0.4) is 0 Å². The highest BCUT2D eigenvalue weighted by Crippen LogP contribution is 2.18. The number of esters is 1. The van der Waals surface area contributed by atoms with Crippen LogP contribution in [0.15, 0.2) is 53.4 Å². The van der Waals surface area contributed by atoms with Crippen molar-refractivity contribution in [1.29, 1.82) is 0 Å². The number of hydrogen-bond acceptors (Lipinski definition) is 6. The topological polar surface area (TPSA) is 102 Å². The molecule has 0 aliphatic heterocycles. The van der Waals surface area contributed by atoms with E-state index < -0.39 is 28.5 Å². The number of amides is 1. The zero-order valence-corrected chi connectivity index (χ0v) is 17.5. The zero-order chi connectivity index (χ0) is 21.6. The molecular weight excluding hydrogens is 396 g/mol. The van der Waals surface area contributed by atoms with Crippen LogP contribution in [0.4, 0.5) is 5.69 Å². The number of rotatable bonds is 8. The first-order valence-electron chi connectivity index (χ1n) is 8.85. The number of nitrogens with one attached hydrogen (secondary N) is 1. The molecule has 0 bridgehead atoms. The van der Waals surface area contributed by atoms with Gasteiger partial charge in [-0.05, 0) is 41.8 Å². The van der Waals surface area contributed by atoms with E-state index in [1.807, 2.05) is 12.1 Å². The molecule has 156 valence electrons. The second-order valence-electron chi connectivity index (χ2n) is 6.53. The highest BCUT2D eigenvalue weighted by Gasteiger charge is 2.22. The van der Waals surface area contributed by atoms with E-state index in [1.165, 1.54) is 32.4 Å². The number of hydrogen-bond donors (Lipinski definition) is 1. The Kier molecular flexibility index (Phi) is 7.49. The first kappa shape index (κ1) is 22.5. The van der Waals surface area contributed by atoms with Gasteiger partial charge >= 0.3 is 5.97 Å². The number of anilines is 1. The van der Waals surface area contributed by atoms with E-state index >= 15 is 0 Å². The van der Waals surface area contributed by atoms with Crippen molar-refractivity contribution in [2.24, 2.45) is 0 Å². The average molecular weight is 420 g/mol. The molecule has 0 aliphatic carbocycles. The first-order chi connectivity index (χ1) is 13.6. The van der Waals surface area contributed by atoms with Gasteiger partial charge in [0.05, 0.1) is 17.6 Å². The van der Waals surface area contributed by atoms with Crippen molar-refractivity contribution < 1.29 is 27.6 Å². The van der Waals surface area contributed by atoms with Gasteiger partial charge in [0.2, 0.25) is 0 Å². The van der Waals surface area contributed by atoms with E-state index in [9.17, 15) is 18.0 Å². The third kappa shape index (κ3) is 5.86. The van der Waals surface area contributed by atoms with Crippen molar-refractivity contribution in [2.45, 2.75) is 24.7 Å². The number of benzene rings is 2. The number of hydroxylamine groups is 1. The summed E-state index contributed by atoms with van der Waals surface area (Å²) < 4.78 is 30.2. The van der Waals surface area contributed by atoms with Crippen LogP contribution < -0.4 is 5.32 Å². The third-order valence-electron chi connectivity index (χ3n) is 4.16. The van der Waals surface area contributed by atoms with E-state index in [0.717, 1.165) is 11.6 Å². The molecule has 0 spiro atoms. The van der Waals surface area contributed by atoms with Gasteiger partial charge in [-0.15, -0.1) is 0 Å². The summed E-state index contributed by atoms with van der Waals surface area (Å²) >= 11 is 0. The molecule has 29 heavy (non-hydrogen) atoms. The van der Waals surface area contributed by atoms with Crippen LogP contribution in [-0.2, 0) is 24.4 Å². The van der Waals surface area contributed by atoms with Gasteiger partial charge < -0.3 is 10.1 Å². The zero-order valence-electron chi connectivity index (χ0n) is 16.7. The molecule has 0 heterocycles. The van der Waals surface area contributed by atoms with Crippen LogP contribution >= 0.6 is 0 Å². The molecule has 0 unspecified atom stereocenters. The largest absolute Gasteiger partial charge is 0.452 e. The van der Waals surface area contributed by atoms with Gasteiger partial charge in [0.1, 0.15) is 0 Å². The minimum absolute atomic E-state index is 0.00432. The summed E-state index contributed by atoms with van der Waals surface area (Å²) in [5.41, 5.74) is 1.74. The second kappa shape index (κ2) is 9.64. The lowest BCUT2D eigenvalue weighted by Crippen LogP contribution is -2.26. The van der Waals surface area contributed by atoms with Crippen molar-refractivity contribution in [1.82, 2.24) is 4.47 Å². The third-order valence-corrected chi connectivity index (χ3v) is 5.83. The smallest absolute Gasteiger partial charge is 0.338 e. The summed E-state index contributed by atoms with van der Waals surface area (Å²) in [5.74, 6) is -0.935. The van der Waals surface area contributed by atoms with E-state index in [-0.39, 0.29) is 10.5 Å². The highest BCUT2D eigenvalue weighted by molar-refractivity contribution is 7.89. The van der Waals surface area contributed by atoms with E-state index in [4.69, 9.17) is 9.57 Å². The average Bonchev–Trinajstić information content (AvgIpc) is 2.71. The number of carbonyl (C=O) groups is 2. The van der Waals surface area contributed by atoms with Gasteiger partial charge in [-0.2, -0.15) is 0 Å². The van der Waals surface area contributed by atoms with Crippen LogP contribution in [0.1, 0.15) is 35.7 Å². The lowest BCUT2D eigenvalue weighted by atomic mass is 10.0. The number of nitrogens with zero attached hydrogens (tertiary/aromatic N) is 1. The van der Waals surface area contributed by atoms with Crippen molar-refractivity contribution in [2.75, 3.05) is 26.1 Å². The Morgan fingerprint density at radius 2 is 1.76 bits per heavy atom. The minimum atomic E-state index is -3.90. The maximum Gasteiger partial charge on any atom is 0.338 e. The van der Waals surface area contributed by atoms with E-state index in [2.05, 4.69) is 19.2 Å². The van der Waals surface area contributed by atoms with Crippen molar-refractivity contribution in [3.05, 3.63) is 59.7 Å². The van der Waals surface area contributed by atoms with Crippen molar-refractivity contribution in [3.8, 4) is 0 Å². The molecule has 1 N–H and O–H groups in total. The summed E-state index contributed by atoms with van der Waals surface area (Å²) in [6.07, 6.45) is 0. The van der Waals surface area contributed by atoms with Crippen LogP contribution in [0.25, 0.3) is 0 Å². The molecule has 8 nitrogen and oxygen atoms in total. The Bertz CT molecular complexity index is 971. The predicted molar refractivity (Wildman–Crippen MR) is 108 cm³/mol. The summed E-state index contributed by atoms with van der Waals surface area (Å²) in [7, 11) is -1.46. The van der Waals surface area contributed by atoms with Gasteiger partial charge in [0.15, 0.2) is 6.61 Å². The Hall–Kier alpha value is -2.75. The lowest BCUT2D eigenvalue weighted by Gasteiger charge is -2.14. The van der Waals surface area contributed by atoms with Crippen molar-refractivity contribution >= 4 is 27.6 Å². The molecule has 2 aromatic carbocycles. The lowest BCUT2D eigenvalue weighted by molar-refractivity contribution is -0.119. The van der Waals surface area contributed by atoms with E-state index in [1.54, 1.807) is 12.1 Å². The molecule has 0 radical (unpaired) electrons. The van der Waals surface area contributed by atoms with E-state index in [0.29, 0.717) is 16.1 Å². The fourth-order valence-corrected chi connectivity index (χ4v) is 3.41. The Labute approximate surface area is 170 Å². The minimum Gasteiger partial charge on any atom is -0.452 e. The second-order valence-corrected chi connectivity index (χ2v) is 8.46. The molecule has 2 aromatic rings. The van der Waals surface area contributed by atoms with Crippen LogP contribution in [0.5, 0.6) is 0 Å². The molecule has 0 saturated carbocycles. The van der Waals surface area contributed by atoms with Crippen molar-refractivity contribution in [3.63, 3.8) is 0 Å². The standard InChI is InChI=1S/C20H24N2O6S/c1-14(2)15-8-10-17(11-9-15)21-19(23)13-28-20(24)16-6-5-7-18(12-16)29(25,26)22(3)27-4/h5-12,14H,13H2,1-4H3,(H,21,23). The number of ether oxygens (including phenoxy) is 1.